The zero-order valence-corrected chi connectivity index (χ0v) is 10.3. The highest BCUT2D eigenvalue weighted by atomic mass is 127. The standard InChI is InChI=1S/C11H9IN2O/c1-14-7-6-13-11(14)10(15)8-2-4-9(12)5-3-8/h2-7H,1H3. The fourth-order valence-corrected chi connectivity index (χ4v) is 1.67. The second kappa shape index (κ2) is 4.14. The van der Waals surface area contributed by atoms with E-state index in [9.17, 15) is 4.79 Å². The second-order valence-corrected chi connectivity index (χ2v) is 4.44. The highest BCUT2D eigenvalue weighted by Gasteiger charge is 2.12. The molecule has 0 radical (unpaired) electrons. The summed E-state index contributed by atoms with van der Waals surface area (Å²) >= 11 is 2.21. The molecule has 0 aliphatic heterocycles. The number of nitrogens with zero attached hydrogens (tertiary/aromatic N) is 2. The van der Waals surface area contributed by atoms with Crippen molar-refractivity contribution < 1.29 is 4.79 Å². The number of carbonyl (C=O) groups is 1. The molecular formula is C11H9IN2O. The average molecular weight is 312 g/mol. The first-order valence-corrected chi connectivity index (χ1v) is 5.54. The fourth-order valence-electron chi connectivity index (χ4n) is 1.31. The summed E-state index contributed by atoms with van der Waals surface area (Å²) in [7, 11) is 1.81. The molecule has 76 valence electrons. The van der Waals surface area contributed by atoms with E-state index in [0.717, 1.165) is 3.57 Å². The highest BCUT2D eigenvalue weighted by molar-refractivity contribution is 14.1. The van der Waals surface area contributed by atoms with E-state index in [1.165, 1.54) is 0 Å². The lowest BCUT2D eigenvalue weighted by Crippen LogP contribution is -2.08. The lowest BCUT2D eigenvalue weighted by molar-refractivity contribution is 0.102. The van der Waals surface area contributed by atoms with Gasteiger partial charge >= 0.3 is 0 Å². The number of imidazole rings is 1. The minimum atomic E-state index is -0.0427. The number of rotatable bonds is 2. The van der Waals surface area contributed by atoms with Gasteiger partial charge in [-0.1, -0.05) is 0 Å². The molecule has 0 saturated carbocycles. The van der Waals surface area contributed by atoms with Gasteiger partial charge in [0.15, 0.2) is 5.82 Å². The van der Waals surface area contributed by atoms with Gasteiger partial charge in [0.1, 0.15) is 0 Å². The number of aromatic nitrogens is 2. The number of aryl methyl sites for hydroxylation is 1. The number of halogens is 1. The Labute approximate surface area is 101 Å². The van der Waals surface area contributed by atoms with Gasteiger partial charge in [-0.15, -0.1) is 0 Å². The normalized spacial score (nSPS) is 10.3. The van der Waals surface area contributed by atoms with Crippen LogP contribution < -0.4 is 0 Å². The predicted molar refractivity (Wildman–Crippen MR) is 65.8 cm³/mol. The minimum Gasteiger partial charge on any atom is -0.331 e. The van der Waals surface area contributed by atoms with Crippen LogP contribution in [0.5, 0.6) is 0 Å². The third-order valence-corrected chi connectivity index (χ3v) is 2.85. The Bertz CT molecular complexity index is 488. The monoisotopic (exact) mass is 312 g/mol. The van der Waals surface area contributed by atoms with Crippen molar-refractivity contribution in [2.45, 2.75) is 0 Å². The van der Waals surface area contributed by atoms with Crippen LogP contribution in [-0.4, -0.2) is 15.3 Å². The zero-order valence-electron chi connectivity index (χ0n) is 8.14. The molecule has 1 aromatic heterocycles. The average Bonchev–Trinajstić information content (AvgIpc) is 2.65. The largest absolute Gasteiger partial charge is 0.331 e. The lowest BCUT2D eigenvalue weighted by atomic mass is 10.1. The Balaban J connectivity index is 2.37. The molecule has 4 heteroatoms. The first kappa shape index (κ1) is 10.4. The summed E-state index contributed by atoms with van der Waals surface area (Å²) in [6.07, 6.45) is 3.39. The molecule has 0 N–H and O–H groups in total. The van der Waals surface area contributed by atoms with Crippen molar-refractivity contribution in [3.63, 3.8) is 0 Å². The summed E-state index contributed by atoms with van der Waals surface area (Å²) in [5.74, 6) is 0.426. The van der Waals surface area contributed by atoms with Gasteiger partial charge in [0.2, 0.25) is 5.78 Å². The van der Waals surface area contributed by atoms with Gasteiger partial charge < -0.3 is 4.57 Å². The van der Waals surface area contributed by atoms with Crippen molar-refractivity contribution in [2.75, 3.05) is 0 Å². The molecule has 0 unspecified atom stereocenters. The molecular weight excluding hydrogens is 303 g/mol. The summed E-state index contributed by atoms with van der Waals surface area (Å²) in [5, 5.41) is 0. The summed E-state index contributed by atoms with van der Waals surface area (Å²) in [4.78, 5) is 16.0. The van der Waals surface area contributed by atoms with E-state index >= 15 is 0 Å². The molecule has 3 nitrogen and oxygen atoms in total. The van der Waals surface area contributed by atoms with Crippen LogP contribution >= 0.6 is 22.6 Å². The molecule has 0 bridgehead atoms. The molecule has 0 spiro atoms. The van der Waals surface area contributed by atoms with Crippen molar-refractivity contribution in [1.29, 1.82) is 0 Å². The van der Waals surface area contributed by atoms with Crippen molar-refractivity contribution in [1.82, 2.24) is 9.55 Å². The van der Waals surface area contributed by atoms with Gasteiger partial charge in [-0.2, -0.15) is 0 Å². The Morgan fingerprint density at radius 2 is 2.00 bits per heavy atom. The topological polar surface area (TPSA) is 34.9 Å². The molecule has 0 atom stereocenters. The summed E-state index contributed by atoms with van der Waals surface area (Å²) in [5.41, 5.74) is 0.671. The van der Waals surface area contributed by atoms with Gasteiger partial charge in [0.25, 0.3) is 0 Å². The SMILES string of the molecule is Cn1ccnc1C(=O)c1ccc(I)cc1. The molecule has 0 fully saturated rings. The fraction of sp³-hybridized carbons (Fsp3) is 0.0909. The third kappa shape index (κ3) is 2.09. The summed E-state index contributed by atoms with van der Waals surface area (Å²) < 4.78 is 2.84. The van der Waals surface area contributed by atoms with E-state index in [4.69, 9.17) is 0 Å². The van der Waals surface area contributed by atoms with Gasteiger partial charge in [-0.25, -0.2) is 4.98 Å². The number of benzene rings is 1. The quantitative estimate of drug-likeness (QED) is 0.630. The molecule has 0 saturated heterocycles. The van der Waals surface area contributed by atoms with Crippen LogP contribution in [0, 0.1) is 3.57 Å². The molecule has 0 aliphatic rings. The summed E-state index contributed by atoms with van der Waals surface area (Å²) in [6.45, 7) is 0. The third-order valence-electron chi connectivity index (χ3n) is 2.13. The van der Waals surface area contributed by atoms with Crippen LogP contribution in [-0.2, 0) is 7.05 Å². The maximum Gasteiger partial charge on any atom is 0.228 e. The molecule has 2 rings (SSSR count). The van der Waals surface area contributed by atoms with E-state index < -0.39 is 0 Å². The Kier molecular flexibility index (Phi) is 2.86. The van der Waals surface area contributed by atoms with E-state index in [0.29, 0.717) is 11.4 Å². The number of ketones is 1. The summed E-state index contributed by atoms with van der Waals surface area (Å²) in [6, 6.07) is 7.46. The zero-order chi connectivity index (χ0) is 10.8. The van der Waals surface area contributed by atoms with E-state index in [1.807, 2.05) is 31.3 Å². The molecule has 0 aliphatic carbocycles. The smallest absolute Gasteiger partial charge is 0.228 e. The lowest BCUT2D eigenvalue weighted by Gasteiger charge is -2.00. The van der Waals surface area contributed by atoms with Crippen molar-refractivity contribution in [3.05, 3.63) is 51.6 Å². The van der Waals surface area contributed by atoms with Crippen LogP contribution in [0.4, 0.5) is 0 Å². The minimum absolute atomic E-state index is 0.0427. The van der Waals surface area contributed by atoms with Crippen molar-refractivity contribution >= 4 is 28.4 Å². The Morgan fingerprint density at radius 1 is 1.33 bits per heavy atom. The highest BCUT2D eigenvalue weighted by Crippen LogP contribution is 2.10. The van der Waals surface area contributed by atoms with Crippen LogP contribution in [0.2, 0.25) is 0 Å². The first-order valence-electron chi connectivity index (χ1n) is 4.46. The second-order valence-electron chi connectivity index (χ2n) is 3.20. The van der Waals surface area contributed by atoms with Crippen LogP contribution in [0.25, 0.3) is 0 Å². The van der Waals surface area contributed by atoms with Crippen molar-refractivity contribution in [3.8, 4) is 0 Å². The number of hydrogen-bond acceptors (Lipinski definition) is 2. The molecule has 1 aromatic carbocycles. The van der Waals surface area contributed by atoms with Crippen molar-refractivity contribution in [2.24, 2.45) is 7.05 Å². The van der Waals surface area contributed by atoms with Gasteiger partial charge in [0.05, 0.1) is 0 Å². The van der Waals surface area contributed by atoms with Crippen LogP contribution in [0.1, 0.15) is 16.2 Å². The van der Waals surface area contributed by atoms with E-state index in [-0.39, 0.29) is 5.78 Å². The van der Waals surface area contributed by atoms with Gasteiger partial charge in [-0.3, -0.25) is 4.79 Å². The van der Waals surface area contributed by atoms with Gasteiger partial charge in [-0.05, 0) is 46.9 Å². The first-order chi connectivity index (χ1) is 7.18. The molecule has 0 amide bonds. The maximum atomic E-state index is 12.0. The van der Waals surface area contributed by atoms with E-state index in [2.05, 4.69) is 27.6 Å². The van der Waals surface area contributed by atoms with Gasteiger partial charge in [0, 0.05) is 28.6 Å². The molecule has 15 heavy (non-hydrogen) atoms. The molecule has 2 aromatic rings. The van der Waals surface area contributed by atoms with Crippen LogP contribution in [0.3, 0.4) is 0 Å². The van der Waals surface area contributed by atoms with Crippen LogP contribution in [0.15, 0.2) is 36.7 Å². The number of carbonyl (C=O) groups excluding carboxylic acids is 1. The molecule has 1 heterocycles. The Hall–Kier alpha value is -1.17. The van der Waals surface area contributed by atoms with E-state index in [1.54, 1.807) is 17.0 Å². The predicted octanol–water partition coefficient (Wildman–Crippen LogP) is 2.26. The number of hydrogen-bond donors (Lipinski definition) is 0. The maximum absolute atomic E-state index is 12.0. The Morgan fingerprint density at radius 3 is 2.53 bits per heavy atom.